The minimum absolute atomic E-state index is 0.286. The van der Waals surface area contributed by atoms with Gasteiger partial charge >= 0.3 is 0 Å². The van der Waals surface area contributed by atoms with Gasteiger partial charge in [0.25, 0.3) is 0 Å². The molecule has 1 aromatic carbocycles. The Morgan fingerprint density at radius 2 is 1.73 bits per heavy atom. The van der Waals surface area contributed by atoms with Gasteiger partial charge < -0.3 is 5.32 Å². The highest BCUT2D eigenvalue weighted by molar-refractivity contribution is 7.92. The Bertz CT molecular complexity index is 594. The van der Waals surface area contributed by atoms with Crippen molar-refractivity contribution in [3.63, 3.8) is 0 Å². The third-order valence-corrected chi connectivity index (χ3v) is 4.64. The summed E-state index contributed by atoms with van der Waals surface area (Å²) in [5.41, 5.74) is 1.53. The summed E-state index contributed by atoms with van der Waals surface area (Å²) in [6, 6.07) is 6.31. The normalized spacial score (nSPS) is 13.0. The summed E-state index contributed by atoms with van der Waals surface area (Å²) in [7, 11) is -3.54. The van der Waals surface area contributed by atoms with E-state index in [-0.39, 0.29) is 5.91 Å². The maximum absolute atomic E-state index is 12.2. The van der Waals surface area contributed by atoms with Crippen LogP contribution in [0.2, 0.25) is 0 Å². The number of carbonyl (C=O) groups excluding carboxylic acids is 1. The van der Waals surface area contributed by atoms with E-state index >= 15 is 0 Å². The largest absolute Gasteiger partial charge is 0.354 e. The molecule has 0 saturated heterocycles. The quantitative estimate of drug-likeness (QED) is 0.836. The Labute approximate surface area is 133 Å². The van der Waals surface area contributed by atoms with Crippen LogP contribution in [0.25, 0.3) is 0 Å². The van der Waals surface area contributed by atoms with Crippen molar-refractivity contribution in [3.05, 3.63) is 29.8 Å². The second-order valence-corrected chi connectivity index (χ2v) is 7.90. The van der Waals surface area contributed by atoms with Crippen molar-refractivity contribution in [2.75, 3.05) is 17.1 Å². The molecule has 0 aromatic heterocycles. The predicted octanol–water partition coefficient (Wildman–Crippen LogP) is 2.31. The number of hydrogen-bond donors (Lipinski definition) is 1. The number of nitrogens with one attached hydrogen (secondary N) is 1. The molecule has 5 nitrogen and oxygen atoms in total. The van der Waals surface area contributed by atoms with Gasteiger partial charge in [-0.2, -0.15) is 0 Å². The first-order valence-electron chi connectivity index (χ1n) is 7.46. The molecule has 0 aliphatic rings. The standard InChI is InChI=1S/C16H26N2O3S/c1-12(2)10-11-17-16(19)14(4)18(22(5,20)21)15-8-6-13(3)7-9-15/h6-9,12,14H,10-11H2,1-5H3,(H,17,19)/t14-/m1/s1. The minimum atomic E-state index is -3.54. The summed E-state index contributed by atoms with van der Waals surface area (Å²) in [5.74, 6) is 0.199. The molecule has 22 heavy (non-hydrogen) atoms. The summed E-state index contributed by atoms with van der Waals surface area (Å²) in [6.45, 7) is 8.23. The van der Waals surface area contributed by atoms with Gasteiger partial charge in [-0.25, -0.2) is 8.42 Å². The fourth-order valence-electron chi connectivity index (χ4n) is 2.13. The van der Waals surface area contributed by atoms with Gasteiger partial charge in [0.05, 0.1) is 11.9 Å². The maximum atomic E-state index is 12.2. The van der Waals surface area contributed by atoms with E-state index in [0.29, 0.717) is 18.2 Å². The molecule has 0 aliphatic carbocycles. The van der Waals surface area contributed by atoms with E-state index in [4.69, 9.17) is 0 Å². The highest BCUT2D eigenvalue weighted by Crippen LogP contribution is 2.21. The molecule has 1 aromatic rings. The third-order valence-electron chi connectivity index (χ3n) is 3.40. The average Bonchev–Trinajstić information content (AvgIpc) is 2.39. The Kier molecular flexibility index (Phi) is 6.41. The summed E-state index contributed by atoms with van der Waals surface area (Å²) in [5, 5.41) is 2.80. The van der Waals surface area contributed by atoms with E-state index in [1.54, 1.807) is 19.1 Å². The van der Waals surface area contributed by atoms with Crippen LogP contribution >= 0.6 is 0 Å². The molecule has 0 bridgehead atoms. The van der Waals surface area contributed by atoms with E-state index in [1.807, 2.05) is 19.1 Å². The maximum Gasteiger partial charge on any atom is 0.243 e. The second-order valence-electron chi connectivity index (χ2n) is 6.04. The molecular formula is C16H26N2O3S. The smallest absolute Gasteiger partial charge is 0.243 e. The molecule has 0 saturated carbocycles. The number of benzene rings is 1. The molecule has 1 rings (SSSR count). The Balaban J connectivity index is 2.93. The number of nitrogens with zero attached hydrogens (tertiary/aromatic N) is 1. The van der Waals surface area contributed by atoms with Crippen molar-refractivity contribution in [1.29, 1.82) is 0 Å². The molecule has 0 radical (unpaired) electrons. The lowest BCUT2D eigenvalue weighted by Crippen LogP contribution is -2.48. The van der Waals surface area contributed by atoms with Gasteiger partial charge in [0, 0.05) is 6.54 Å². The fourth-order valence-corrected chi connectivity index (χ4v) is 3.31. The second kappa shape index (κ2) is 7.63. The number of sulfonamides is 1. The van der Waals surface area contributed by atoms with E-state index < -0.39 is 16.1 Å². The zero-order chi connectivity index (χ0) is 16.9. The van der Waals surface area contributed by atoms with E-state index in [1.165, 1.54) is 0 Å². The predicted molar refractivity (Wildman–Crippen MR) is 90.4 cm³/mol. The van der Waals surface area contributed by atoms with Crippen LogP contribution in [0.5, 0.6) is 0 Å². The van der Waals surface area contributed by atoms with Crippen molar-refractivity contribution >= 4 is 21.6 Å². The molecule has 124 valence electrons. The molecule has 6 heteroatoms. The van der Waals surface area contributed by atoms with Crippen LogP contribution in [0.15, 0.2) is 24.3 Å². The molecule has 1 atom stereocenters. The third kappa shape index (κ3) is 5.33. The first kappa shape index (κ1) is 18.5. The van der Waals surface area contributed by atoms with Gasteiger partial charge in [0.1, 0.15) is 6.04 Å². The summed E-state index contributed by atoms with van der Waals surface area (Å²) in [4.78, 5) is 12.2. The number of rotatable bonds is 7. The van der Waals surface area contributed by atoms with Crippen molar-refractivity contribution in [3.8, 4) is 0 Å². The van der Waals surface area contributed by atoms with Crippen LogP contribution < -0.4 is 9.62 Å². The summed E-state index contributed by atoms with van der Waals surface area (Å²) in [6.07, 6.45) is 1.98. The van der Waals surface area contributed by atoms with Crippen LogP contribution in [0, 0.1) is 12.8 Å². The molecule has 0 unspecified atom stereocenters. The summed E-state index contributed by atoms with van der Waals surface area (Å²) >= 11 is 0. The molecule has 1 amide bonds. The van der Waals surface area contributed by atoms with Crippen LogP contribution in [-0.4, -0.2) is 33.2 Å². The van der Waals surface area contributed by atoms with Gasteiger partial charge in [-0.15, -0.1) is 0 Å². The zero-order valence-electron chi connectivity index (χ0n) is 14.0. The van der Waals surface area contributed by atoms with Crippen LogP contribution in [0.3, 0.4) is 0 Å². The van der Waals surface area contributed by atoms with E-state index in [9.17, 15) is 13.2 Å². The van der Waals surface area contributed by atoms with E-state index in [2.05, 4.69) is 19.2 Å². The molecule has 0 heterocycles. The number of hydrogen-bond acceptors (Lipinski definition) is 3. The molecule has 0 aliphatic heterocycles. The van der Waals surface area contributed by atoms with Crippen molar-refractivity contribution in [1.82, 2.24) is 5.32 Å². The van der Waals surface area contributed by atoms with Crippen LogP contribution in [0.4, 0.5) is 5.69 Å². The van der Waals surface area contributed by atoms with E-state index in [0.717, 1.165) is 22.5 Å². The lowest BCUT2D eigenvalue weighted by atomic mass is 10.1. The number of amides is 1. The minimum Gasteiger partial charge on any atom is -0.354 e. The van der Waals surface area contributed by atoms with Gasteiger partial charge in [-0.05, 0) is 38.3 Å². The van der Waals surface area contributed by atoms with Crippen molar-refractivity contribution < 1.29 is 13.2 Å². The van der Waals surface area contributed by atoms with Gasteiger partial charge in [0.2, 0.25) is 15.9 Å². The zero-order valence-corrected chi connectivity index (χ0v) is 14.8. The average molecular weight is 326 g/mol. The highest BCUT2D eigenvalue weighted by Gasteiger charge is 2.28. The topological polar surface area (TPSA) is 66.5 Å². The van der Waals surface area contributed by atoms with Gasteiger partial charge in [-0.1, -0.05) is 31.5 Å². The molecule has 0 fully saturated rings. The first-order valence-corrected chi connectivity index (χ1v) is 9.31. The molecule has 0 spiro atoms. The number of anilines is 1. The molecule has 1 N–H and O–H groups in total. The number of carbonyl (C=O) groups is 1. The summed E-state index contributed by atoms with van der Waals surface area (Å²) < 4.78 is 25.3. The van der Waals surface area contributed by atoms with Crippen molar-refractivity contribution in [2.24, 2.45) is 5.92 Å². The van der Waals surface area contributed by atoms with Crippen molar-refractivity contribution in [2.45, 2.75) is 40.2 Å². The lowest BCUT2D eigenvalue weighted by molar-refractivity contribution is -0.121. The van der Waals surface area contributed by atoms with Gasteiger partial charge in [-0.3, -0.25) is 9.10 Å². The van der Waals surface area contributed by atoms with Crippen LogP contribution in [-0.2, 0) is 14.8 Å². The lowest BCUT2D eigenvalue weighted by Gasteiger charge is -2.28. The Hall–Kier alpha value is -1.56. The Morgan fingerprint density at radius 3 is 2.18 bits per heavy atom. The van der Waals surface area contributed by atoms with Gasteiger partial charge in [0.15, 0.2) is 0 Å². The highest BCUT2D eigenvalue weighted by atomic mass is 32.2. The van der Waals surface area contributed by atoms with Crippen LogP contribution in [0.1, 0.15) is 32.8 Å². The molecular weight excluding hydrogens is 300 g/mol. The SMILES string of the molecule is Cc1ccc(N([C@H](C)C(=O)NCCC(C)C)S(C)(=O)=O)cc1. The Morgan fingerprint density at radius 1 is 1.18 bits per heavy atom. The number of aryl methyl sites for hydroxylation is 1. The first-order chi connectivity index (χ1) is 10.1. The monoisotopic (exact) mass is 326 g/mol. The fraction of sp³-hybridized carbons (Fsp3) is 0.562.